The minimum Gasteiger partial charge on any atom is -0.394 e. The zero-order valence-corrected chi connectivity index (χ0v) is 19.7. The fraction of sp³-hybridized carbons (Fsp3) is 0.321. The summed E-state index contributed by atoms with van der Waals surface area (Å²) in [7, 11) is 0. The van der Waals surface area contributed by atoms with Crippen LogP contribution in [0.3, 0.4) is 0 Å². The van der Waals surface area contributed by atoms with Gasteiger partial charge in [-0.3, -0.25) is 4.79 Å². The number of aliphatic hydroxyl groups is 2. The van der Waals surface area contributed by atoms with Crippen molar-refractivity contribution >= 4 is 12.0 Å². The number of aromatic nitrogens is 2. The molecule has 1 aliphatic rings. The van der Waals surface area contributed by atoms with Gasteiger partial charge in [-0.05, 0) is 47.9 Å². The Balaban J connectivity index is 1.35. The summed E-state index contributed by atoms with van der Waals surface area (Å²) in [6.45, 7) is 1.56. The number of hydrogen-bond donors (Lipinski definition) is 3. The Morgan fingerprint density at radius 1 is 1.20 bits per heavy atom. The fourth-order valence-electron chi connectivity index (χ4n) is 4.49. The molecule has 2 atom stereocenters. The van der Waals surface area contributed by atoms with E-state index in [2.05, 4.69) is 46.7 Å². The number of nitrogens with one attached hydrogen (secondary N) is 1. The monoisotopic (exact) mass is 470 g/mol. The molecule has 1 unspecified atom stereocenters. The number of hydrogen-bond acceptors (Lipinski definition) is 5. The zero-order valence-electron chi connectivity index (χ0n) is 19.7. The number of carbonyl (C=O) groups excluding carboxylic acids is 1. The highest BCUT2D eigenvalue weighted by molar-refractivity contribution is 5.78. The van der Waals surface area contributed by atoms with Crippen molar-refractivity contribution in [3.63, 3.8) is 0 Å². The van der Waals surface area contributed by atoms with Gasteiger partial charge in [0.25, 0.3) is 0 Å². The van der Waals surface area contributed by atoms with Crippen LogP contribution in [0.2, 0.25) is 0 Å². The molecule has 4 rings (SSSR count). The lowest BCUT2D eigenvalue weighted by Gasteiger charge is -2.36. The molecule has 3 N–H and O–H groups in total. The van der Waals surface area contributed by atoms with E-state index in [1.54, 1.807) is 23.9 Å². The summed E-state index contributed by atoms with van der Waals surface area (Å²) in [6, 6.07) is 18.5. The Hall–Kier alpha value is -3.73. The molecule has 0 radical (unpaired) electrons. The number of benzene rings is 2. The summed E-state index contributed by atoms with van der Waals surface area (Å²) in [5.41, 5.74) is 4.54. The van der Waals surface area contributed by atoms with Crippen molar-refractivity contribution in [2.75, 3.05) is 6.61 Å². The Morgan fingerprint density at radius 3 is 2.46 bits per heavy atom. The number of amides is 1. The quantitative estimate of drug-likeness (QED) is 0.436. The molecule has 35 heavy (non-hydrogen) atoms. The third-order valence-corrected chi connectivity index (χ3v) is 6.50. The van der Waals surface area contributed by atoms with E-state index in [1.807, 2.05) is 30.4 Å². The van der Waals surface area contributed by atoms with Gasteiger partial charge in [0.2, 0.25) is 5.91 Å². The minimum absolute atomic E-state index is 0.0823. The van der Waals surface area contributed by atoms with Gasteiger partial charge in [0, 0.05) is 18.4 Å². The van der Waals surface area contributed by atoms with Crippen molar-refractivity contribution in [3.8, 4) is 17.2 Å². The smallest absolute Gasteiger partial charge is 0.234 e. The van der Waals surface area contributed by atoms with Crippen LogP contribution in [0.25, 0.3) is 17.2 Å². The van der Waals surface area contributed by atoms with E-state index >= 15 is 0 Å². The molecule has 0 spiro atoms. The summed E-state index contributed by atoms with van der Waals surface area (Å²) in [5.74, 6) is 0.768. The molecule has 0 bridgehead atoms. The van der Waals surface area contributed by atoms with Crippen LogP contribution in [0.15, 0.2) is 67.0 Å². The van der Waals surface area contributed by atoms with Crippen LogP contribution in [0.1, 0.15) is 61.2 Å². The third-order valence-electron chi connectivity index (χ3n) is 6.50. The minimum atomic E-state index is -0.709. The van der Waals surface area contributed by atoms with Gasteiger partial charge >= 0.3 is 0 Å². The van der Waals surface area contributed by atoms with E-state index in [4.69, 9.17) is 5.26 Å². The van der Waals surface area contributed by atoms with Crippen LogP contribution < -0.4 is 5.32 Å². The molecule has 1 fully saturated rings. The lowest BCUT2D eigenvalue weighted by molar-refractivity contribution is -0.121. The first-order chi connectivity index (χ1) is 17.0. The van der Waals surface area contributed by atoms with Gasteiger partial charge in [0.05, 0.1) is 18.7 Å². The van der Waals surface area contributed by atoms with Gasteiger partial charge in [-0.25, -0.2) is 4.98 Å². The molecule has 1 aromatic heterocycles. The van der Waals surface area contributed by atoms with Gasteiger partial charge < -0.3 is 20.1 Å². The Morgan fingerprint density at radius 2 is 1.86 bits per heavy atom. The molecule has 1 saturated carbocycles. The molecule has 3 aromatic rings. The normalized spacial score (nSPS) is 19.0. The topological polar surface area (TPSA) is 111 Å². The van der Waals surface area contributed by atoms with E-state index in [9.17, 15) is 15.0 Å². The van der Waals surface area contributed by atoms with Crippen LogP contribution in [0.4, 0.5) is 0 Å². The molecule has 1 amide bonds. The van der Waals surface area contributed by atoms with E-state index in [0.29, 0.717) is 11.7 Å². The molecule has 180 valence electrons. The molecule has 1 aliphatic carbocycles. The SMILES string of the molecule is C[C@H](O)c1nccn1C(/C=C/c1ccc(-c2ccc(C3CC(NC(=O)CC#N)C3)cc2)cc1)CO. The Kier molecular flexibility index (Phi) is 7.76. The zero-order chi connectivity index (χ0) is 24.8. The second kappa shape index (κ2) is 11.1. The van der Waals surface area contributed by atoms with Gasteiger partial charge in [0.1, 0.15) is 18.3 Å². The van der Waals surface area contributed by atoms with Crippen molar-refractivity contribution in [2.45, 2.75) is 50.3 Å². The van der Waals surface area contributed by atoms with Crippen molar-refractivity contribution in [1.82, 2.24) is 14.9 Å². The van der Waals surface area contributed by atoms with Crippen molar-refractivity contribution in [3.05, 3.63) is 84.0 Å². The lowest BCUT2D eigenvalue weighted by Crippen LogP contribution is -2.43. The Bertz CT molecular complexity index is 1200. The van der Waals surface area contributed by atoms with Crippen LogP contribution in [-0.2, 0) is 4.79 Å². The summed E-state index contributed by atoms with van der Waals surface area (Å²) < 4.78 is 1.78. The summed E-state index contributed by atoms with van der Waals surface area (Å²) in [5, 5.41) is 31.2. The third kappa shape index (κ3) is 5.86. The average Bonchev–Trinajstić information content (AvgIpc) is 3.33. The Labute approximate surface area is 205 Å². The van der Waals surface area contributed by atoms with Crippen LogP contribution >= 0.6 is 0 Å². The van der Waals surface area contributed by atoms with Gasteiger partial charge in [-0.1, -0.05) is 60.7 Å². The fourth-order valence-corrected chi connectivity index (χ4v) is 4.49. The lowest BCUT2D eigenvalue weighted by atomic mass is 9.75. The number of nitrogens with zero attached hydrogens (tertiary/aromatic N) is 3. The maximum Gasteiger partial charge on any atom is 0.234 e. The molecular formula is C28H30N4O3. The summed E-state index contributed by atoms with van der Waals surface area (Å²) in [4.78, 5) is 15.7. The average molecular weight is 471 g/mol. The van der Waals surface area contributed by atoms with E-state index < -0.39 is 6.10 Å². The van der Waals surface area contributed by atoms with E-state index in [-0.39, 0.29) is 31.0 Å². The molecule has 0 saturated heterocycles. The van der Waals surface area contributed by atoms with Crippen LogP contribution in [-0.4, -0.2) is 38.3 Å². The van der Waals surface area contributed by atoms with Crippen LogP contribution in [0, 0.1) is 11.3 Å². The highest BCUT2D eigenvalue weighted by Gasteiger charge is 2.31. The molecule has 2 aromatic carbocycles. The number of nitriles is 1. The number of aliphatic hydroxyl groups excluding tert-OH is 2. The molecule has 7 nitrogen and oxygen atoms in total. The standard InChI is InChI=1S/C28H30N4O3/c1-19(34)28-30-14-15-32(28)26(18-33)11-4-20-2-5-21(6-3-20)22-7-9-23(10-8-22)24-16-25(17-24)31-27(35)12-13-29/h2-11,14-15,19,24-26,33-34H,12,16-18H2,1H3,(H,31,35)/b11-4+/t19-,24?,25?,26?/m0/s1. The number of carbonyl (C=O) groups is 1. The maximum absolute atomic E-state index is 11.5. The highest BCUT2D eigenvalue weighted by atomic mass is 16.3. The second-order valence-electron chi connectivity index (χ2n) is 8.99. The van der Waals surface area contributed by atoms with Gasteiger partial charge in [-0.15, -0.1) is 0 Å². The largest absolute Gasteiger partial charge is 0.394 e. The number of rotatable bonds is 9. The molecule has 7 heteroatoms. The molecular weight excluding hydrogens is 440 g/mol. The predicted octanol–water partition coefficient (Wildman–Crippen LogP) is 4.13. The van der Waals surface area contributed by atoms with Crippen molar-refractivity contribution in [2.24, 2.45) is 0 Å². The number of imidazole rings is 1. The van der Waals surface area contributed by atoms with Gasteiger partial charge in [0.15, 0.2) is 0 Å². The predicted molar refractivity (Wildman–Crippen MR) is 134 cm³/mol. The highest BCUT2D eigenvalue weighted by Crippen LogP contribution is 2.37. The summed E-state index contributed by atoms with van der Waals surface area (Å²) >= 11 is 0. The first-order valence-electron chi connectivity index (χ1n) is 11.8. The first kappa shape index (κ1) is 24.4. The molecule has 1 heterocycles. The van der Waals surface area contributed by atoms with Gasteiger partial charge in [-0.2, -0.15) is 5.26 Å². The van der Waals surface area contributed by atoms with Crippen molar-refractivity contribution in [1.29, 1.82) is 5.26 Å². The van der Waals surface area contributed by atoms with Crippen molar-refractivity contribution < 1.29 is 15.0 Å². The first-order valence-corrected chi connectivity index (χ1v) is 11.8. The summed E-state index contributed by atoms with van der Waals surface area (Å²) in [6.07, 6.45) is 8.27. The van der Waals surface area contributed by atoms with E-state index in [0.717, 1.165) is 29.5 Å². The second-order valence-corrected chi connectivity index (χ2v) is 8.99. The van der Waals surface area contributed by atoms with Crippen LogP contribution in [0.5, 0.6) is 0 Å². The van der Waals surface area contributed by atoms with E-state index in [1.165, 1.54) is 5.56 Å². The molecule has 0 aliphatic heterocycles. The maximum atomic E-state index is 11.5.